The number of nitrogens with zero attached hydrogens (tertiary/aromatic N) is 1. The number of hydrogen-bond acceptors (Lipinski definition) is 3. The summed E-state index contributed by atoms with van der Waals surface area (Å²) in [5, 5.41) is 3.75. The molecule has 0 aliphatic carbocycles. The van der Waals surface area contributed by atoms with E-state index in [9.17, 15) is 0 Å². The van der Waals surface area contributed by atoms with Gasteiger partial charge in [-0.3, -0.25) is 0 Å². The van der Waals surface area contributed by atoms with Crippen LogP contribution in [0.4, 0.5) is 0 Å². The van der Waals surface area contributed by atoms with Crippen molar-refractivity contribution < 1.29 is 9.26 Å². The van der Waals surface area contributed by atoms with Gasteiger partial charge in [0.25, 0.3) is 0 Å². The van der Waals surface area contributed by atoms with Crippen LogP contribution in [-0.4, -0.2) is 12.3 Å². The van der Waals surface area contributed by atoms with Gasteiger partial charge in [0.05, 0.1) is 18.9 Å². The molecule has 0 atom stereocenters. The van der Waals surface area contributed by atoms with Gasteiger partial charge < -0.3 is 9.26 Å². The van der Waals surface area contributed by atoms with Gasteiger partial charge in [0, 0.05) is 10.5 Å². The van der Waals surface area contributed by atoms with E-state index in [1.165, 1.54) is 5.56 Å². The van der Waals surface area contributed by atoms with Crippen LogP contribution in [0.25, 0.3) is 11.3 Å². The first-order valence-corrected chi connectivity index (χ1v) is 6.11. The minimum atomic E-state index is 0.725. The Labute approximate surface area is 109 Å². The van der Waals surface area contributed by atoms with Crippen molar-refractivity contribution in [1.82, 2.24) is 5.16 Å². The van der Waals surface area contributed by atoms with Gasteiger partial charge in [0.2, 0.25) is 0 Å². The molecule has 0 N–H and O–H groups in total. The highest BCUT2D eigenvalue weighted by Crippen LogP contribution is 2.41. The second-order valence-electron chi connectivity index (χ2n) is 3.97. The molecular weight excluding hydrogens is 282 g/mol. The fourth-order valence-corrected chi connectivity index (χ4v) is 2.48. The number of hydrogen-bond donors (Lipinski definition) is 0. The van der Waals surface area contributed by atoms with Crippen LogP contribution < -0.4 is 4.74 Å². The van der Waals surface area contributed by atoms with Crippen molar-refractivity contribution in [3.8, 4) is 17.1 Å². The number of halogens is 1. The lowest BCUT2D eigenvalue weighted by atomic mass is 9.97. The van der Waals surface area contributed by atoms with E-state index in [4.69, 9.17) is 9.26 Å². The van der Waals surface area contributed by atoms with Crippen LogP contribution in [0.2, 0.25) is 0 Å². The Hall–Kier alpha value is -1.29. The van der Waals surface area contributed by atoms with Gasteiger partial charge in [0.15, 0.2) is 5.76 Å². The van der Waals surface area contributed by atoms with Gasteiger partial charge in [-0.1, -0.05) is 21.1 Å². The molecule has 1 heterocycles. The zero-order chi connectivity index (χ0) is 12.6. The Balaban J connectivity index is 2.82. The van der Waals surface area contributed by atoms with E-state index in [1.807, 2.05) is 19.9 Å². The lowest BCUT2D eigenvalue weighted by Gasteiger charge is -2.17. The molecule has 0 saturated carbocycles. The van der Waals surface area contributed by atoms with Crippen LogP contribution >= 0.6 is 15.9 Å². The van der Waals surface area contributed by atoms with Crippen molar-refractivity contribution in [2.75, 3.05) is 7.11 Å². The third kappa shape index (κ3) is 1.86. The molecule has 17 heavy (non-hydrogen) atoms. The average molecular weight is 296 g/mol. The summed E-state index contributed by atoms with van der Waals surface area (Å²) in [5.74, 6) is 1.57. The topological polar surface area (TPSA) is 35.3 Å². The molecule has 0 saturated heterocycles. The zero-order valence-electron chi connectivity index (χ0n) is 10.3. The van der Waals surface area contributed by atoms with Crippen LogP contribution in [0.15, 0.2) is 21.3 Å². The Bertz CT molecular complexity index is 547. The summed E-state index contributed by atoms with van der Waals surface area (Å²) < 4.78 is 11.8. The number of methoxy groups -OCH3 is 1. The van der Waals surface area contributed by atoms with Crippen LogP contribution in [-0.2, 0) is 0 Å². The summed E-state index contributed by atoms with van der Waals surface area (Å²) >= 11 is 3.61. The molecule has 4 heteroatoms. The van der Waals surface area contributed by atoms with E-state index in [1.54, 1.807) is 13.3 Å². The summed E-state index contributed by atoms with van der Waals surface area (Å²) in [6, 6.07) is 1.84. The van der Waals surface area contributed by atoms with E-state index in [0.717, 1.165) is 32.7 Å². The first-order valence-electron chi connectivity index (χ1n) is 5.32. The maximum absolute atomic E-state index is 5.51. The monoisotopic (exact) mass is 295 g/mol. The van der Waals surface area contributed by atoms with Crippen molar-refractivity contribution in [2.24, 2.45) is 0 Å². The highest BCUT2D eigenvalue weighted by Gasteiger charge is 2.20. The molecule has 0 spiro atoms. The van der Waals surface area contributed by atoms with Gasteiger partial charge in [-0.05, 0) is 37.5 Å². The fourth-order valence-electron chi connectivity index (χ4n) is 1.98. The highest BCUT2D eigenvalue weighted by molar-refractivity contribution is 9.10. The van der Waals surface area contributed by atoms with Crippen LogP contribution in [0, 0.1) is 20.8 Å². The Morgan fingerprint density at radius 3 is 2.41 bits per heavy atom. The standard InChI is InChI=1S/C13H14BrNO2/c1-7-8(2)13(16-4)11(9(3)12(7)14)10-5-6-15-17-10/h5-6H,1-4H3. The Kier molecular flexibility index (Phi) is 3.24. The molecule has 90 valence electrons. The molecule has 0 unspecified atom stereocenters. The molecule has 3 nitrogen and oxygen atoms in total. The zero-order valence-corrected chi connectivity index (χ0v) is 11.9. The van der Waals surface area contributed by atoms with Gasteiger partial charge >= 0.3 is 0 Å². The van der Waals surface area contributed by atoms with Gasteiger partial charge in [0.1, 0.15) is 5.75 Å². The van der Waals surface area contributed by atoms with Crippen molar-refractivity contribution in [3.63, 3.8) is 0 Å². The third-order valence-electron chi connectivity index (χ3n) is 3.05. The second kappa shape index (κ2) is 4.53. The first kappa shape index (κ1) is 12.2. The number of ether oxygens (including phenoxy) is 1. The molecular formula is C13H14BrNO2. The van der Waals surface area contributed by atoms with Gasteiger partial charge in [-0.2, -0.15) is 0 Å². The van der Waals surface area contributed by atoms with E-state index in [-0.39, 0.29) is 0 Å². The summed E-state index contributed by atoms with van der Waals surface area (Å²) in [4.78, 5) is 0. The van der Waals surface area contributed by atoms with Crippen molar-refractivity contribution in [2.45, 2.75) is 20.8 Å². The largest absolute Gasteiger partial charge is 0.496 e. The molecule has 0 radical (unpaired) electrons. The summed E-state index contributed by atoms with van der Waals surface area (Å²) in [7, 11) is 1.68. The van der Waals surface area contributed by atoms with Gasteiger partial charge in [-0.25, -0.2) is 0 Å². The molecule has 2 aromatic rings. The molecule has 2 rings (SSSR count). The molecule has 1 aromatic carbocycles. The third-order valence-corrected chi connectivity index (χ3v) is 4.24. The maximum atomic E-state index is 5.51. The number of rotatable bonds is 2. The molecule has 0 bridgehead atoms. The molecule has 0 aliphatic rings. The minimum absolute atomic E-state index is 0.725. The van der Waals surface area contributed by atoms with Crippen molar-refractivity contribution in [3.05, 3.63) is 33.4 Å². The molecule has 1 aromatic heterocycles. The molecule has 0 aliphatic heterocycles. The molecule has 0 amide bonds. The van der Waals surface area contributed by atoms with Gasteiger partial charge in [-0.15, -0.1) is 0 Å². The quantitative estimate of drug-likeness (QED) is 0.839. The number of benzene rings is 1. The van der Waals surface area contributed by atoms with Crippen molar-refractivity contribution in [1.29, 1.82) is 0 Å². The Morgan fingerprint density at radius 2 is 1.88 bits per heavy atom. The van der Waals surface area contributed by atoms with E-state index < -0.39 is 0 Å². The van der Waals surface area contributed by atoms with E-state index in [0.29, 0.717) is 0 Å². The lowest BCUT2D eigenvalue weighted by molar-refractivity contribution is 0.403. The fraction of sp³-hybridized carbons (Fsp3) is 0.308. The lowest BCUT2D eigenvalue weighted by Crippen LogP contribution is -1.98. The summed E-state index contributed by atoms with van der Waals surface area (Å²) in [5.41, 5.74) is 4.35. The first-order chi connectivity index (χ1) is 8.07. The van der Waals surface area contributed by atoms with Crippen LogP contribution in [0.5, 0.6) is 5.75 Å². The average Bonchev–Trinajstić information content (AvgIpc) is 2.84. The highest BCUT2D eigenvalue weighted by atomic mass is 79.9. The maximum Gasteiger partial charge on any atom is 0.170 e. The second-order valence-corrected chi connectivity index (χ2v) is 4.77. The van der Waals surface area contributed by atoms with Crippen molar-refractivity contribution >= 4 is 15.9 Å². The normalized spacial score (nSPS) is 10.6. The van der Waals surface area contributed by atoms with E-state index >= 15 is 0 Å². The van der Waals surface area contributed by atoms with E-state index in [2.05, 4.69) is 28.0 Å². The SMILES string of the molecule is COc1c(C)c(C)c(Br)c(C)c1-c1ccno1. The minimum Gasteiger partial charge on any atom is -0.496 e. The molecule has 0 fully saturated rings. The Morgan fingerprint density at radius 1 is 1.18 bits per heavy atom. The number of aromatic nitrogens is 1. The predicted molar refractivity (Wildman–Crippen MR) is 70.4 cm³/mol. The van der Waals surface area contributed by atoms with Crippen LogP contribution in [0.3, 0.4) is 0 Å². The predicted octanol–water partition coefficient (Wildman–Crippen LogP) is 4.04. The summed E-state index contributed by atoms with van der Waals surface area (Å²) in [6.45, 7) is 6.15. The van der Waals surface area contributed by atoms with Crippen LogP contribution in [0.1, 0.15) is 16.7 Å². The summed E-state index contributed by atoms with van der Waals surface area (Å²) in [6.07, 6.45) is 1.64. The smallest absolute Gasteiger partial charge is 0.170 e.